The molecule has 1 aromatic carbocycles. The molecule has 1 saturated heterocycles. The molecule has 1 N–H and O–H groups in total. The number of hydrogen-bond acceptors (Lipinski definition) is 4. The van der Waals surface area contributed by atoms with Crippen molar-refractivity contribution in [1.82, 2.24) is 15.1 Å². The molecule has 0 unspecified atom stereocenters. The summed E-state index contributed by atoms with van der Waals surface area (Å²) in [5.74, 6) is 0.883. The number of rotatable bonds is 3. The molecule has 0 spiro atoms. The van der Waals surface area contributed by atoms with Crippen molar-refractivity contribution < 1.29 is 9.53 Å². The largest absolute Gasteiger partial charge is 0.450 e. The molecule has 0 aromatic heterocycles. The van der Waals surface area contributed by atoms with Crippen molar-refractivity contribution >= 4 is 17.7 Å². The lowest BCUT2D eigenvalue weighted by atomic mass is 9.99. The predicted octanol–water partition coefficient (Wildman–Crippen LogP) is 1.92. The number of guanidine groups is 1. The number of benzene rings is 1. The van der Waals surface area contributed by atoms with Crippen LogP contribution in [0, 0.1) is 0 Å². The molecule has 1 amide bonds. The zero-order valence-electron chi connectivity index (χ0n) is 16.7. The van der Waals surface area contributed by atoms with Crippen molar-refractivity contribution in [3.8, 4) is 0 Å². The number of amides is 1. The van der Waals surface area contributed by atoms with Crippen molar-refractivity contribution in [2.45, 2.75) is 26.3 Å². The van der Waals surface area contributed by atoms with E-state index in [0.29, 0.717) is 19.7 Å². The molecule has 3 rings (SSSR count). The van der Waals surface area contributed by atoms with Crippen LogP contribution in [0.25, 0.3) is 0 Å². The minimum atomic E-state index is -0.223. The summed E-state index contributed by atoms with van der Waals surface area (Å²) >= 11 is 0. The normalized spacial score (nSPS) is 17.6. The van der Waals surface area contributed by atoms with E-state index in [2.05, 4.69) is 45.4 Å². The lowest BCUT2D eigenvalue weighted by Crippen LogP contribution is -2.53. The molecule has 7 heteroatoms. The summed E-state index contributed by atoms with van der Waals surface area (Å²) in [7, 11) is 3.97. The van der Waals surface area contributed by atoms with Crippen LogP contribution in [0.3, 0.4) is 0 Å². The molecular formula is C20H31N5O2. The first-order valence-electron chi connectivity index (χ1n) is 9.82. The van der Waals surface area contributed by atoms with Gasteiger partial charge < -0.3 is 24.8 Å². The Morgan fingerprint density at radius 2 is 1.93 bits per heavy atom. The van der Waals surface area contributed by atoms with Gasteiger partial charge in [-0.3, -0.25) is 4.99 Å². The minimum Gasteiger partial charge on any atom is -0.450 e. The van der Waals surface area contributed by atoms with Crippen LogP contribution in [0.5, 0.6) is 0 Å². The second-order valence-corrected chi connectivity index (χ2v) is 7.06. The maximum Gasteiger partial charge on any atom is 0.409 e. The SMILES string of the molecule is CCOC(=O)N1CCN(C(=NC)NCc2ccc3c(c2)CCCN3C)CC1. The Balaban J connectivity index is 1.54. The summed E-state index contributed by atoms with van der Waals surface area (Å²) in [5.41, 5.74) is 4.06. The van der Waals surface area contributed by atoms with E-state index in [0.717, 1.165) is 38.6 Å². The van der Waals surface area contributed by atoms with Gasteiger partial charge in [0.05, 0.1) is 6.61 Å². The van der Waals surface area contributed by atoms with E-state index < -0.39 is 0 Å². The van der Waals surface area contributed by atoms with Gasteiger partial charge in [-0.25, -0.2) is 4.79 Å². The maximum absolute atomic E-state index is 11.8. The molecule has 148 valence electrons. The molecule has 2 aliphatic rings. The number of hydrogen-bond donors (Lipinski definition) is 1. The number of aryl methyl sites for hydroxylation is 1. The molecule has 2 aliphatic heterocycles. The van der Waals surface area contributed by atoms with Crippen LogP contribution in [0.2, 0.25) is 0 Å². The number of ether oxygens (including phenoxy) is 1. The van der Waals surface area contributed by atoms with Crippen molar-refractivity contribution in [3.05, 3.63) is 29.3 Å². The monoisotopic (exact) mass is 373 g/mol. The summed E-state index contributed by atoms with van der Waals surface area (Å²) in [6.45, 7) is 6.96. The number of carbonyl (C=O) groups is 1. The van der Waals surface area contributed by atoms with Gasteiger partial charge in [-0.05, 0) is 37.0 Å². The minimum absolute atomic E-state index is 0.223. The molecular weight excluding hydrogens is 342 g/mol. The molecule has 0 radical (unpaired) electrons. The summed E-state index contributed by atoms with van der Waals surface area (Å²) in [6.07, 6.45) is 2.14. The van der Waals surface area contributed by atoms with Crippen LogP contribution < -0.4 is 10.2 Å². The van der Waals surface area contributed by atoms with Gasteiger partial charge in [0.2, 0.25) is 0 Å². The summed E-state index contributed by atoms with van der Waals surface area (Å²) in [6, 6.07) is 6.73. The highest BCUT2D eigenvalue weighted by Gasteiger charge is 2.23. The highest BCUT2D eigenvalue weighted by Crippen LogP contribution is 2.26. The van der Waals surface area contributed by atoms with Crippen LogP contribution in [-0.2, 0) is 17.7 Å². The average Bonchev–Trinajstić information content (AvgIpc) is 2.69. The third-order valence-electron chi connectivity index (χ3n) is 5.26. The van der Waals surface area contributed by atoms with Crippen LogP contribution in [0.15, 0.2) is 23.2 Å². The Kier molecular flexibility index (Phi) is 6.42. The third kappa shape index (κ3) is 4.64. The van der Waals surface area contributed by atoms with Gasteiger partial charge in [0, 0.05) is 59.1 Å². The molecule has 1 fully saturated rings. The van der Waals surface area contributed by atoms with Crippen LogP contribution in [0.1, 0.15) is 24.5 Å². The summed E-state index contributed by atoms with van der Waals surface area (Å²) < 4.78 is 5.08. The van der Waals surface area contributed by atoms with E-state index in [4.69, 9.17) is 4.74 Å². The second kappa shape index (κ2) is 8.97. The fourth-order valence-corrected chi connectivity index (χ4v) is 3.78. The van der Waals surface area contributed by atoms with Gasteiger partial charge in [-0.2, -0.15) is 0 Å². The second-order valence-electron chi connectivity index (χ2n) is 7.06. The first-order valence-corrected chi connectivity index (χ1v) is 9.82. The van der Waals surface area contributed by atoms with E-state index in [-0.39, 0.29) is 6.09 Å². The molecule has 0 bridgehead atoms. The number of fused-ring (bicyclic) bond motifs is 1. The summed E-state index contributed by atoms with van der Waals surface area (Å²) in [4.78, 5) is 22.5. The Labute approximate surface area is 162 Å². The highest BCUT2D eigenvalue weighted by atomic mass is 16.6. The summed E-state index contributed by atoms with van der Waals surface area (Å²) in [5, 5.41) is 3.47. The van der Waals surface area contributed by atoms with E-state index in [1.54, 1.807) is 4.90 Å². The van der Waals surface area contributed by atoms with Crippen LogP contribution >= 0.6 is 0 Å². The predicted molar refractivity (Wildman–Crippen MR) is 108 cm³/mol. The van der Waals surface area contributed by atoms with E-state index in [9.17, 15) is 4.79 Å². The van der Waals surface area contributed by atoms with Crippen molar-refractivity contribution in [2.24, 2.45) is 4.99 Å². The van der Waals surface area contributed by atoms with Crippen molar-refractivity contribution in [2.75, 3.05) is 58.3 Å². The van der Waals surface area contributed by atoms with E-state index >= 15 is 0 Å². The van der Waals surface area contributed by atoms with Gasteiger partial charge in [0.25, 0.3) is 0 Å². The number of nitrogens with zero attached hydrogens (tertiary/aromatic N) is 4. The van der Waals surface area contributed by atoms with Gasteiger partial charge in [-0.15, -0.1) is 0 Å². The molecule has 7 nitrogen and oxygen atoms in total. The quantitative estimate of drug-likeness (QED) is 0.648. The zero-order valence-corrected chi connectivity index (χ0v) is 16.7. The molecule has 2 heterocycles. The van der Waals surface area contributed by atoms with Crippen LogP contribution in [-0.4, -0.2) is 75.3 Å². The Hall–Kier alpha value is -2.44. The standard InChI is InChI=1S/C20H31N5O2/c1-4-27-20(26)25-12-10-24(11-13-25)19(21-2)22-15-16-7-8-18-17(14-16)6-5-9-23(18)3/h7-8,14H,4-6,9-13,15H2,1-3H3,(H,21,22). The maximum atomic E-state index is 11.8. The molecule has 1 aromatic rings. The van der Waals surface area contributed by atoms with Gasteiger partial charge >= 0.3 is 6.09 Å². The number of anilines is 1. The van der Waals surface area contributed by atoms with Gasteiger partial charge in [-0.1, -0.05) is 12.1 Å². The first-order chi connectivity index (χ1) is 13.1. The number of carbonyl (C=O) groups excluding carboxylic acids is 1. The van der Waals surface area contributed by atoms with Gasteiger partial charge in [0.15, 0.2) is 5.96 Å². The van der Waals surface area contributed by atoms with Crippen molar-refractivity contribution in [3.63, 3.8) is 0 Å². The molecule has 0 atom stereocenters. The van der Waals surface area contributed by atoms with Crippen LogP contribution in [0.4, 0.5) is 10.5 Å². The zero-order chi connectivity index (χ0) is 19.2. The van der Waals surface area contributed by atoms with E-state index in [1.807, 2.05) is 14.0 Å². The highest BCUT2D eigenvalue weighted by molar-refractivity contribution is 5.80. The van der Waals surface area contributed by atoms with E-state index in [1.165, 1.54) is 23.2 Å². The molecule has 0 saturated carbocycles. The number of aliphatic imine (C=N–C) groups is 1. The topological polar surface area (TPSA) is 60.4 Å². The lowest BCUT2D eigenvalue weighted by molar-refractivity contribution is 0.0914. The fourth-order valence-electron chi connectivity index (χ4n) is 3.78. The lowest BCUT2D eigenvalue weighted by Gasteiger charge is -2.36. The average molecular weight is 374 g/mol. The molecule has 27 heavy (non-hydrogen) atoms. The fraction of sp³-hybridized carbons (Fsp3) is 0.600. The van der Waals surface area contributed by atoms with Crippen molar-refractivity contribution in [1.29, 1.82) is 0 Å². The molecule has 0 aliphatic carbocycles. The van der Waals surface area contributed by atoms with Gasteiger partial charge in [0.1, 0.15) is 0 Å². The number of piperazine rings is 1. The first kappa shape index (κ1) is 19.3. The number of nitrogens with one attached hydrogen (secondary N) is 1. The Morgan fingerprint density at radius 3 is 2.63 bits per heavy atom. The Bertz CT molecular complexity index is 683. The Morgan fingerprint density at radius 1 is 1.19 bits per heavy atom. The third-order valence-corrected chi connectivity index (χ3v) is 5.26. The smallest absolute Gasteiger partial charge is 0.409 e.